The number of thiocarbonyl (C=S) groups is 1. The fourth-order valence-electron chi connectivity index (χ4n) is 2.89. The minimum Gasteiger partial charge on any atom is -0.290 e. The third kappa shape index (κ3) is 3.50. The summed E-state index contributed by atoms with van der Waals surface area (Å²) in [6.07, 6.45) is -0.505. The van der Waals surface area contributed by atoms with E-state index in [-0.39, 0.29) is 5.69 Å². The molecule has 0 aromatic heterocycles. The van der Waals surface area contributed by atoms with Crippen LogP contribution in [0.25, 0.3) is 0 Å². The van der Waals surface area contributed by atoms with E-state index in [0.29, 0.717) is 15.8 Å². The van der Waals surface area contributed by atoms with Crippen molar-refractivity contribution in [3.05, 3.63) is 70.3 Å². The number of non-ortho nitro benzene ring substituents is 1. The van der Waals surface area contributed by atoms with Gasteiger partial charge in [-0.25, -0.2) is 4.99 Å². The molecule has 1 atom stereocenters. The molecule has 4 rings (SSSR count). The van der Waals surface area contributed by atoms with E-state index >= 15 is 0 Å². The zero-order valence-electron chi connectivity index (χ0n) is 14.8. The van der Waals surface area contributed by atoms with Gasteiger partial charge in [-0.1, -0.05) is 49.0 Å². The quantitative estimate of drug-likeness (QED) is 0.391. The highest BCUT2D eigenvalue weighted by molar-refractivity contribution is 8.45. The summed E-state index contributed by atoms with van der Waals surface area (Å²) in [5.41, 5.74) is 1.57. The van der Waals surface area contributed by atoms with E-state index in [0.717, 1.165) is 15.8 Å². The zero-order chi connectivity index (χ0) is 19.7. The fourth-order valence-corrected chi connectivity index (χ4v) is 5.12. The molecule has 0 amide bonds. The summed E-state index contributed by atoms with van der Waals surface area (Å²) < 4.78 is 0.885. The van der Waals surface area contributed by atoms with E-state index in [2.05, 4.69) is 12.0 Å². The molecule has 0 aliphatic carbocycles. The Morgan fingerprint density at radius 1 is 1.25 bits per heavy atom. The van der Waals surface area contributed by atoms with Gasteiger partial charge in [-0.3, -0.25) is 15.0 Å². The number of nitro groups is 1. The SMILES string of the molecule is CCSC1=NN2C(=S)N(c3ccccc3)C(c3cccc([N+](=O)[O-])c3)N=C2S1. The number of rotatable bonds is 4. The van der Waals surface area contributed by atoms with E-state index in [1.807, 2.05) is 41.3 Å². The average Bonchev–Trinajstić information content (AvgIpc) is 3.12. The molecule has 2 aliphatic rings. The molecule has 0 saturated carbocycles. The van der Waals surface area contributed by atoms with Crippen molar-refractivity contribution >= 4 is 61.8 Å². The number of hydrazone groups is 1. The normalized spacial score (nSPS) is 18.6. The lowest BCUT2D eigenvalue weighted by atomic mass is 10.1. The third-order valence-electron chi connectivity index (χ3n) is 4.09. The average molecular weight is 430 g/mol. The Bertz CT molecular complexity index is 996. The Balaban J connectivity index is 1.81. The van der Waals surface area contributed by atoms with Crippen molar-refractivity contribution in [1.82, 2.24) is 5.01 Å². The Kier molecular flexibility index (Phi) is 5.33. The zero-order valence-corrected chi connectivity index (χ0v) is 17.2. The summed E-state index contributed by atoms with van der Waals surface area (Å²) >= 11 is 8.85. The minimum atomic E-state index is -0.505. The monoisotopic (exact) mass is 429 g/mol. The molecule has 142 valence electrons. The van der Waals surface area contributed by atoms with Crippen LogP contribution in [0.2, 0.25) is 0 Å². The van der Waals surface area contributed by atoms with Crippen molar-refractivity contribution < 1.29 is 4.92 Å². The Morgan fingerprint density at radius 2 is 2.04 bits per heavy atom. The maximum absolute atomic E-state index is 11.2. The first-order valence-corrected chi connectivity index (χ1v) is 10.7. The second-order valence-corrected chi connectivity index (χ2v) is 8.67. The van der Waals surface area contributed by atoms with Gasteiger partial charge < -0.3 is 0 Å². The molecule has 2 aromatic rings. The van der Waals surface area contributed by atoms with Crippen molar-refractivity contribution in [3.63, 3.8) is 0 Å². The lowest BCUT2D eigenvalue weighted by Crippen LogP contribution is -2.47. The minimum absolute atomic E-state index is 0.0246. The van der Waals surface area contributed by atoms with Gasteiger partial charge in [-0.05, 0) is 41.9 Å². The van der Waals surface area contributed by atoms with Crippen molar-refractivity contribution in [2.45, 2.75) is 13.1 Å². The van der Waals surface area contributed by atoms with Gasteiger partial charge in [0.2, 0.25) is 5.11 Å². The molecule has 0 radical (unpaired) electrons. The number of thioether (sulfide) groups is 2. The number of aliphatic imine (C=N–C) groups is 1. The van der Waals surface area contributed by atoms with Crippen molar-refractivity contribution in [1.29, 1.82) is 0 Å². The predicted molar refractivity (Wildman–Crippen MR) is 120 cm³/mol. The number of nitrogens with zero attached hydrogens (tertiary/aromatic N) is 5. The highest BCUT2D eigenvalue weighted by Gasteiger charge is 2.39. The van der Waals surface area contributed by atoms with Crippen LogP contribution in [0.15, 0.2) is 64.7 Å². The van der Waals surface area contributed by atoms with Crippen LogP contribution in [0.5, 0.6) is 0 Å². The summed E-state index contributed by atoms with van der Waals surface area (Å²) in [5, 5.41) is 18.7. The van der Waals surface area contributed by atoms with Crippen LogP contribution in [-0.4, -0.2) is 30.3 Å². The van der Waals surface area contributed by atoms with Crippen LogP contribution in [-0.2, 0) is 0 Å². The maximum atomic E-state index is 11.2. The van der Waals surface area contributed by atoms with Gasteiger partial charge in [0, 0.05) is 23.4 Å². The first-order valence-electron chi connectivity index (χ1n) is 8.48. The highest BCUT2D eigenvalue weighted by Crippen LogP contribution is 2.39. The van der Waals surface area contributed by atoms with Gasteiger partial charge in [0.05, 0.1) is 4.92 Å². The number of para-hydroxylation sites is 1. The molecule has 2 aliphatic heterocycles. The lowest BCUT2D eigenvalue weighted by molar-refractivity contribution is -0.384. The summed E-state index contributed by atoms with van der Waals surface area (Å²) in [5.74, 6) is 0.899. The predicted octanol–water partition coefficient (Wildman–Crippen LogP) is 4.83. The molecular weight excluding hydrogens is 414 g/mol. The summed E-state index contributed by atoms with van der Waals surface area (Å²) in [6.45, 7) is 2.06. The lowest BCUT2D eigenvalue weighted by Gasteiger charge is -2.37. The van der Waals surface area contributed by atoms with Crippen molar-refractivity contribution in [3.8, 4) is 0 Å². The standard InChI is InChI=1S/C18H15N5O2S3/c1-2-27-17-20-22-16(28-17)19-15(12-7-6-10-14(11-12)23(24)25)21(18(22)26)13-8-4-3-5-9-13/h3-11,15H,2H2,1H3. The van der Waals surface area contributed by atoms with Crippen LogP contribution >= 0.6 is 35.7 Å². The molecule has 7 nitrogen and oxygen atoms in total. The molecule has 0 saturated heterocycles. The second kappa shape index (κ2) is 7.90. The molecular formula is C18H15N5O2S3. The fraction of sp³-hybridized carbons (Fsp3) is 0.167. The smallest absolute Gasteiger partial charge is 0.269 e. The van der Waals surface area contributed by atoms with E-state index in [1.54, 1.807) is 28.9 Å². The van der Waals surface area contributed by atoms with Gasteiger partial charge in [0.25, 0.3) is 5.69 Å². The molecule has 0 fully saturated rings. The van der Waals surface area contributed by atoms with E-state index in [4.69, 9.17) is 17.2 Å². The summed E-state index contributed by atoms with van der Waals surface area (Å²) in [4.78, 5) is 17.6. The van der Waals surface area contributed by atoms with Crippen LogP contribution in [0.4, 0.5) is 11.4 Å². The first kappa shape index (κ1) is 18.9. The number of nitro benzene ring substituents is 1. The first-order chi connectivity index (χ1) is 13.6. The van der Waals surface area contributed by atoms with Gasteiger partial charge >= 0.3 is 0 Å². The molecule has 0 spiro atoms. The van der Waals surface area contributed by atoms with E-state index in [1.165, 1.54) is 17.8 Å². The second-order valence-electron chi connectivity index (χ2n) is 5.84. The molecule has 1 unspecified atom stereocenters. The topological polar surface area (TPSA) is 74.3 Å². The molecule has 0 bridgehead atoms. The number of benzene rings is 2. The van der Waals surface area contributed by atoms with Crippen LogP contribution < -0.4 is 4.90 Å². The van der Waals surface area contributed by atoms with Crippen molar-refractivity contribution in [2.24, 2.45) is 10.1 Å². The van der Waals surface area contributed by atoms with Crippen LogP contribution in [0.3, 0.4) is 0 Å². The molecule has 2 aromatic carbocycles. The van der Waals surface area contributed by atoms with Gasteiger partial charge in [-0.2, -0.15) is 5.01 Å². The molecule has 28 heavy (non-hydrogen) atoms. The van der Waals surface area contributed by atoms with Gasteiger partial charge in [0.15, 0.2) is 15.7 Å². The Hall–Kier alpha value is -2.43. The Morgan fingerprint density at radius 3 is 2.75 bits per heavy atom. The van der Waals surface area contributed by atoms with E-state index in [9.17, 15) is 10.1 Å². The number of fused-ring (bicyclic) bond motifs is 1. The Labute approximate surface area is 175 Å². The molecule has 10 heteroatoms. The largest absolute Gasteiger partial charge is 0.290 e. The van der Waals surface area contributed by atoms with Gasteiger partial charge in [0.1, 0.15) is 0 Å². The number of hydrogen-bond donors (Lipinski definition) is 0. The number of anilines is 1. The van der Waals surface area contributed by atoms with Gasteiger partial charge in [-0.15, -0.1) is 5.10 Å². The maximum Gasteiger partial charge on any atom is 0.269 e. The number of amidine groups is 1. The highest BCUT2D eigenvalue weighted by atomic mass is 32.2. The van der Waals surface area contributed by atoms with Crippen LogP contribution in [0.1, 0.15) is 18.7 Å². The molecule has 2 heterocycles. The van der Waals surface area contributed by atoms with Crippen molar-refractivity contribution in [2.75, 3.05) is 10.7 Å². The summed E-state index contributed by atoms with van der Waals surface area (Å²) in [7, 11) is 0. The number of hydrogen-bond acceptors (Lipinski definition) is 7. The van der Waals surface area contributed by atoms with Crippen LogP contribution in [0, 0.1) is 10.1 Å². The third-order valence-corrected chi connectivity index (χ3v) is 6.40. The van der Waals surface area contributed by atoms with E-state index < -0.39 is 11.1 Å². The molecule has 0 N–H and O–H groups in total. The summed E-state index contributed by atoms with van der Waals surface area (Å²) in [6, 6.07) is 16.2.